The van der Waals surface area contributed by atoms with Crippen molar-refractivity contribution in [1.82, 2.24) is 29.9 Å². The van der Waals surface area contributed by atoms with Gasteiger partial charge in [-0.1, -0.05) is 16.6 Å². The van der Waals surface area contributed by atoms with E-state index in [9.17, 15) is 0 Å². The van der Waals surface area contributed by atoms with Crippen molar-refractivity contribution in [2.24, 2.45) is 7.05 Å². The molecule has 1 N–H and O–H groups in total. The number of aryl methyl sites for hydroxylation is 2. The zero-order valence-electron chi connectivity index (χ0n) is 10.2. The number of hydrogen-bond acceptors (Lipinski definition) is 6. The van der Waals surface area contributed by atoms with E-state index in [1.165, 1.54) is 16.4 Å². The van der Waals surface area contributed by atoms with Crippen LogP contribution in [0.3, 0.4) is 0 Å². The summed E-state index contributed by atoms with van der Waals surface area (Å²) in [5.74, 6) is 0. The summed E-state index contributed by atoms with van der Waals surface area (Å²) in [5.41, 5.74) is 2.04. The lowest BCUT2D eigenvalue weighted by molar-refractivity contribution is 0.586. The Labute approximate surface area is 104 Å². The normalized spacial score (nSPS) is 12.9. The molecule has 17 heavy (non-hydrogen) atoms. The molecule has 0 aliphatic rings. The summed E-state index contributed by atoms with van der Waals surface area (Å²) in [5, 5.41) is 15.5. The van der Waals surface area contributed by atoms with Gasteiger partial charge in [0.15, 0.2) is 0 Å². The maximum atomic E-state index is 4.14. The fraction of sp³-hybridized carbons (Fsp3) is 0.600. The molecule has 2 aromatic rings. The molecule has 7 heteroatoms. The van der Waals surface area contributed by atoms with Gasteiger partial charge in [-0.05, 0) is 25.0 Å². The highest BCUT2D eigenvalue weighted by molar-refractivity contribution is 7.05. The van der Waals surface area contributed by atoms with E-state index in [4.69, 9.17) is 0 Å². The van der Waals surface area contributed by atoms with Crippen LogP contribution in [0.5, 0.6) is 0 Å². The van der Waals surface area contributed by atoms with Crippen molar-refractivity contribution in [1.29, 1.82) is 0 Å². The Morgan fingerprint density at radius 3 is 2.88 bits per heavy atom. The van der Waals surface area contributed by atoms with Crippen LogP contribution in [0, 0.1) is 0 Å². The summed E-state index contributed by atoms with van der Waals surface area (Å²) < 4.78 is 5.74. The van der Waals surface area contributed by atoms with Crippen molar-refractivity contribution in [2.45, 2.75) is 25.8 Å². The molecule has 0 aliphatic carbocycles. The minimum Gasteiger partial charge on any atom is -0.312 e. The molecule has 2 heterocycles. The van der Waals surface area contributed by atoms with Crippen LogP contribution in [0.15, 0.2) is 6.20 Å². The molecular weight excluding hydrogens is 236 g/mol. The number of hydrogen-bond donors (Lipinski definition) is 1. The molecule has 0 aromatic carbocycles. The molecule has 92 valence electrons. The summed E-state index contributed by atoms with van der Waals surface area (Å²) >= 11 is 1.45. The van der Waals surface area contributed by atoms with Crippen LogP contribution in [-0.4, -0.2) is 31.6 Å². The summed E-state index contributed by atoms with van der Waals surface area (Å²) in [4.78, 5) is 1.20. The van der Waals surface area contributed by atoms with E-state index in [0.29, 0.717) is 0 Å². The van der Waals surface area contributed by atoms with Gasteiger partial charge in [-0.3, -0.25) is 4.68 Å². The van der Waals surface area contributed by atoms with Crippen LogP contribution < -0.4 is 5.32 Å². The molecule has 2 rings (SSSR count). The molecule has 0 saturated carbocycles. The maximum Gasteiger partial charge on any atom is 0.0846 e. The van der Waals surface area contributed by atoms with Crippen LogP contribution >= 0.6 is 11.5 Å². The lowest BCUT2D eigenvalue weighted by atomic mass is 10.1. The van der Waals surface area contributed by atoms with Gasteiger partial charge in [-0.15, -0.1) is 10.2 Å². The first-order valence-electron chi connectivity index (χ1n) is 5.58. The van der Waals surface area contributed by atoms with Crippen molar-refractivity contribution in [3.8, 4) is 0 Å². The Balaban J connectivity index is 2.16. The third kappa shape index (κ3) is 2.67. The zero-order valence-corrected chi connectivity index (χ0v) is 11.0. The predicted octanol–water partition coefficient (Wildman–Crippen LogP) is 0.732. The van der Waals surface area contributed by atoms with E-state index < -0.39 is 0 Å². The average molecular weight is 252 g/mol. The smallest absolute Gasteiger partial charge is 0.0846 e. The molecule has 1 unspecified atom stereocenters. The lowest BCUT2D eigenvalue weighted by Gasteiger charge is -2.13. The van der Waals surface area contributed by atoms with E-state index in [-0.39, 0.29) is 6.04 Å². The van der Waals surface area contributed by atoms with Crippen molar-refractivity contribution in [3.05, 3.63) is 22.5 Å². The van der Waals surface area contributed by atoms with Gasteiger partial charge in [0.1, 0.15) is 0 Å². The van der Waals surface area contributed by atoms with Crippen molar-refractivity contribution >= 4 is 11.5 Å². The van der Waals surface area contributed by atoms with Gasteiger partial charge in [0.25, 0.3) is 0 Å². The van der Waals surface area contributed by atoms with Gasteiger partial charge in [-0.2, -0.15) is 0 Å². The first-order chi connectivity index (χ1) is 8.24. The second-order valence-corrected chi connectivity index (χ2v) is 4.65. The largest absolute Gasteiger partial charge is 0.312 e. The Morgan fingerprint density at radius 2 is 2.29 bits per heavy atom. The van der Waals surface area contributed by atoms with Gasteiger partial charge in [0, 0.05) is 19.7 Å². The summed E-state index contributed by atoms with van der Waals surface area (Å²) in [7, 11) is 3.82. The van der Waals surface area contributed by atoms with E-state index in [2.05, 4.69) is 32.1 Å². The van der Waals surface area contributed by atoms with E-state index in [1.807, 2.05) is 20.3 Å². The fourth-order valence-electron chi connectivity index (χ4n) is 1.75. The monoisotopic (exact) mass is 252 g/mol. The minimum absolute atomic E-state index is 0.210. The quantitative estimate of drug-likeness (QED) is 0.849. The third-order valence-corrected chi connectivity index (χ3v) is 3.53. The molecule has 0 spiro atoms. The van der Waals surface area contributed by atoms with Gasteiger partial charge < -0.3 is 5.32 Å². The second-order valence-electron chi connectivity index (χ2n) is 3.87. The van der Waals surface area contributed by atoms with Crippen LogP contribution in [-0.2, 0) is 19.9 Å². The molecule has 0 amide bonds. The Kier molecular flexibility index (Phi) is 3.80. The molecular formula is C10H16N6S. The highest BCUT2D eigenvalue weighted by Gasteiger charge is 2.18. The molecule has 2 aromatic heterocycles. The third-order valence-electron chi connectivity index (χ3n) is 2.65. The van der Waals surface area contributed by atoms with Crippen LogP contribution in [0.1, 0.15) is 29.2 Å². The number of nitrogens with one attached hydrogen (secondary N) is 1. The van der Waals surface area contributed by atoms with Gasteiger partial charge in [-0.25, -0.2) is 0 Å². The number of nitrogens with zero attached hydrogens (tertiary/aromatic N) is 5. The zero-order chi connectivity index (χ0) is 12.3. The summed E-state index contributed by atoms with van der Waals surface area (Å²) in [6, 6.07) is 0.210. The standard InChI is InChI=1S/C10H16N6S/c1-4-8-10(17-15-13-8)9(11-2)5-7-6-16(3)14-12-7/h6,9,11H,4-5H2,1-3H3. The molecule has 0 fully saturated rings. The fourth-order valence-corrected chi connectivity index (χ4v) is 2.60. The van der Waals surface area contributed by atoms with E-state index >= 15 is 0 Å². The second kappa shape index (κ2) is 5.33. The van der Waals surface area contributed by atoms with E-state index in [1.54, 1.807) is 4.68 Å². The highest BCUT2D eigenvalue weighted by Crippen LogP contribution is 2.23. The van der Waals surface area contributed by atoms with Crippen molar-refractivity contribution < 1.29 is 0 Å². The first kappa shape index (κ1) is 12.1. The van der Waals surface area contributed by atoms with Crippen LogP contribution in [0.4, 0.5) is 0 Å². The summed E-state index contributed by atoms with van der Waals surface area (Å²) in [6.07, 6.45) is 3.65. The number of rotatable bonds is 5. The van der Waals surface area contributed by atoms with Crippen LogP contribution in [0.25, 0.3) is 0 Å². The first-order valence-corrected chi connectivity index (χ1v) is 6.35. The van der Waals surface area contributed by atoms with Gasteiger partial charge >= 0.3 is 0 Å². The average Bonchev–Trinajstić information content (AvgIpc) is 2.94. The lowest BCUT2D eigenvalue weighted by Crippen LogP contribution is -2.19. The van der Waals surface area contributed by atoms with Gasteiger partial charge in [0.2, 0.25) is 0 Å². The van der Waals surface area contributed by atoms with Crippen molar-refractivity contribution in [2.75, 3.05) is 7.05 Å². The Morgan fingerprint density at radius 1 is 1.47 bits per heavy atom. The number of likely N-dealkylation sites (N-methyl/N-ethyl adjacent to an activating group) is 1. The maximum absolute atomic E-state index is 4.14. The van der Waals surface area contributed by atoms with Gasteiger partial charge in [0.05, 0.1) is 22.3 Å². The van der Waals surface area contributed by atoms with Crippen molar-refractivity contribution in [3.63, 3.8) is 0 Å². The molecule has 6 nitrogen and oxygen atoms in total. The SMILES string of the molecule is CCc1nnsc1C(Cc1cn(C)nn1)NC. The molecule has 0 aliphatic heterocycles. The van der Waals surface area contributed by atoms with Crippen LogP contribution in [0.2, 0.25) is 0 Å². The number of aromatic nitrogens is 5. The van der Waals surface area contributed by atoms with E-state index in [0.717, 1.165) is 24.2 Å². The minimum atomic E-state index is 0.210. The summed E-state index contributed by atoms with van der Waals surface area (Å²) in [6.45, 7) is 2.09. The molecule has 0 saturated heterocycles. The Hall–Kier alpha value is -1.34. The highest BCUT2D eigenvalue weighted by atomic mass is 32.1. The Bertz CT molecular complexity index is 477. The topological polar surface area (TPSA) is 68.5 Å². The predicted molar refractivity (Wildman–Crippen MR) is 65.8 cm³/mol. The molecule has 0 bridgehead atoms. The molecule has 1 atom stereocenters. The molecule has 0 radical (unpaired) electrons.